The molecule has 0 bridgehead atoms. The van der Waals surface area contributed by atoms with Gasteiger partial charge in [-0.3, -0.25) is 0 Å². The summed E-state index contributed by atoms with van der Waals surface area (Å²) in [7, 11) is 0. The molecule has 0 amide bonds. The van der Waals surface area contributed by atoms with Gasteiger partial charge in [-0.05, 0) is 30.3 Å². The minimum absolute atomic E-state index is 0.279. The van der Waals surface area contributed by atoms with Crippen molar-refractivity contribution < 1.29 is 4.74 Å². The minimum atomic E-state index is 0.279. The first kappa shape index (κ1) is 13.5. The third kappa shape index (κ3) is 3.10. The molecule has 2 aromatic rings. The molecule has 2 aromatic carbocycles. The van der Waals surface area contributed by atoms with Crippen LogP contribution in [0.15, 0.2) is 40.9 Å². The van der Waals surface area contributed by atoms with Gasteiger partial charge >= 0.3 is 0 Å². The highest BCUT2D eigenvalue weighted by atomic mass is 79.9. The Kier molecular flexibility index (Phi) is 4.38. The highest BCUT2D eigenvalue weighted by molar-refractivity contribution is 9.10. The third-order valence-corrected chi connectivity index (χ3v) is 3.58. The van der Waals surface area contributed by atoms with Crippen LogP contribution in [-0.2, 0) is 6.61 Å². The molecule has 0 spiro atoms. The lowest BCUT2D eigenvalue weighted by molar-refractivity contribution is 0.307. The summed E-state index contributed by atoms with van der Waals surface area (Å²) in [5, 5.41) is 1.13. The average Bonchev–Trinajstić information content (AvgIpc) is 2.33. The fraction of sp³-hybridized carbons (Fsp3) is 0.0769. The van der Waals surface area contributed by atoms with Gasteiger partial charge in [0.05, 0.1) is 5.02 Å². The molecule has 2 N–H and O–H groups in total. The number of hydrogen-bond donors (Lipinski definition) is 1. The summed E-state index contributed by atoms with van der Waals surface area (Å²) in [5.41, 5.74) is 7.21. The Morgan fingerprint density at radius 1 is 1.11 bits per heavy atom. The maximum Gasteiger partial charge on any atom is 0.139 e. The molecule has 2 nitrogen and oxygen atoms in total. The summed E-state index contributed by atoms with van der Waals surface area (Å²) in [5.74, 6) is 0.588. The van der Waals surface area contributed by atoms with E-state index < -0.39 is 0 Å². The van der Waals surface area contributed by atoms with Crippen molar-refractivity contribution in [2.24, 2.45) is 0 Å². The van der Waals surface area contributed by atoms with Crippen LogP contribution >= 0.6 is 39.1 Å². The fourth-order valence-electron chi connectivity index (χ4n) is 1.47. The number of rotatable bonds is 3. The molecule has 0 aliphatic rings. The molecule has 0 aliphatic carbocycles. The van der Waals surface area contributed by atoms with Crippen LogP contribution in [0.1, 0.15) is 5.56 Å². The van der Waals surface area contributed by atoms with Gasteiger partial charge in [0.25, 0.3) is 0 Å². The van der Waals surface area contributed by atoms with E-state index in [1.54, 1.807) is 30.3 Å². The number of nitrogens with two attached hydrogens (primary N) is 1. The smallest absolute Gasteiger partial charge is 0.139 e. The zero-order chi connectivity index (χ0) is 13.1. The predicted molar refractivity (Wildman–Crippen MR) is 79.3 cm³/mol. The first-order chi connectivity index (χ1) is 8.58. The van der Waals surface area contributed by atoms with Gasteiger partial charge in [0.2, 0.25) is 0 Å². The van der Waals surface area contributed by atoms with Crippen LogP contribution in [0.25, 0.3) is 0 Å². The van der Waals surface area contributed by atoms with E-state index in [1.807, 2.05) is 6.07 Å². The number of hydrogen-bond acceptors (Lipinski definition) is 2. The summed E-state index contributed by atoms with van der Waals surface area (Å²) in [6.07, 6.45) is 0. The van der Waals surface area contributed by atoms with E-state index in [1.165, 1.54) is 0 Å². The monoisotopic (exact) mass is 345 g/mol. The number of benzene rings is 2. The molecule has 0 saturated heterocycles. The van der Waals surface area contributed by atoms with Crippen LogP contribution in [0.3, 0.4) is 0 Å². The van der Waals surface area contributed by atoms with Crippen molar-refractivity contribution >= 4 is 44.8 Å². The van der Waals surface area contributed by atoms with Crippen LogP contribution in [-0.4, -0.2) is 0 Å². The van der Waals surface area contributed by atoms with E-state index in [-0.39, 0.29) is 6.61 Å². The zero-order valence-electron chi connectivity index (χ0n) is 9.29. The summed E-state index contributed by atoms with van der Waals surface area (Å²) in [4.78, 5) is 0. The summed E-state index contributed by atoms with van der Waals surface area (Å²) >= 11 is 15.5. The molecule has 0 heterocycles. The third-order valence-electron chi connectivity index (χ3n) is 2.42. The Bertz CT molecular complexity index is 555. The molecular formula is C13H10BrCl2NO. The largest absolute Gasteiger partial charge is 0.487 e. The topological polar surface area (TPSA) is 35.2 Å². The van der Waals surface area contributed by atoms with E-state index in [2.05, 4.69) is 15.9 Å². The second-order valence-corrected chi connectivity index (χ2v) is 5.40. The molecule has 94 valence electrons. The second kappa shape index (κ2) is 5.83. The van der Waals surface area contributed by atoms with Gasteiger partial charge in [0.15, 0.2) is 0 Å². The van der Waals surface area contributed by atoms with Gasteiger partial charge in [0.1, 0.15) is 12.4 Å². The van der Waals surface area contributed by atoms with Gasteiger partial charge in [0, 0.05) is 20.7 Å². The van der Waals surface area contributed by atoms with Crippen LogP contribution in [0.2, 0.25) is 10.0 Å². The molecule has 0 radical (unpaired) electrons. The first-order valence-electron chi connectivity index (χ1n) is 5.18. The molecule has 18 heavy (non-hydrogen) atoms. The lowest BCUT2D eigenvalue weighted by atomic mass is 10.2. The van der Waals surface area contributed by atoms with Gasteiger partial charge in [-0.1, -0.05) is 45.2 Å². The molecule has 0 fully saturated rings. The highest BCUT2D eigenvalue weighted by Gasteiger charge is 2.07. The van der Waals surface area contributed by atoms with Crippen LogP contribution in [0.4, 0.5) is 5.69 Å². The number of anilines is 1. The first-order valence-corrected chi connectivity index (χ1v) is 6.73. The molecule has 0 saturated carbocycles. The minimum Gasteiger partial charge on any atom is -0.487 e. The fourth-order valence-corrected chi connectivity index (χ4v) is 2.21. The van der Waals surface area contributed by atoms with E-state index in [0.717, 1.165) is 10.0 Å². The molecule has 0 atom stereocenters. The molecule has 5 heteroatoms. The summed E-state index contributed by atoms with van der Waals surface area (Å²) in [6.45, 7) is 0.279. The van der Waals surface area contributed by atoms with Gasteiger partial charge in [-0.15, -0.1) is 0 Å². The van der Waals surface area contributed by atoms with Gasteiger partial charge in [-0.25, -0.2) is 0 Å². The predicted octanol–water partition coefficient (Wildman–Crippen LogP) is 4.92. The zero-order valence-corrected chi connectivity index (χ0v) is 12.4. The Morgan fingerprint density at radius 2 is 1.89 bits per heavy atom. The molecule has 0 aliphatic heterocycles. The Hall–Kier alpha value is -0.900. The van der Waals surface area contributed by atoms with Crippen LogP contribution in [0, 0.1) is 0 Å². The van der Waals surface area contributed by atoms with Crippen molar-refractivity contribution in [2.75, 3.05) is 5.73 Å². The van der Waals surface area contributed by atoms with Crippen molar-refractivity contribution in [3.63, 3.8) is 0 Å². The normalized spacial score (nSPS) is 10.4. The van der Waals surface area contributed by atoms with Crippen molar-refractivity contribution in [3.05, 3.63) is 56.5 Å². The van der Waals surface area contributed by atoms with Gasteiger partial charge < -0.3 is 10.5 Å². The Balaban J connectivity index is 2.19. The SMILES string of the molecule is Nc1cccc(Cl)c1COc1cc(Br)ccc1Cl. The second-order valence-electron chi connectivity index (χ2n) is 3.67. The number of ether oxygens (including phenoxy) is 1. The van der Waals surface area contributed by atoms with E-state index >= 15 is 0 Å². The standard InChI is InChI=1S/C13H10BrCl2NO/c14-8-4-5-11(16)13(6-8)18-7-9-10(15)2-1-3-12(9)17/h1-6H,7,17H2. The summed E-state index contributed by atoms with van der Waals surface area (Å²) < 4.78 is 6.54. The van der Waals surface area contributed by atoms with Crippen LogP contribution < -0.4 is 10.5 Å². The molecule has 0 aromatic heterocycles. The maximum absolute atomic E-state index is 6.06. The highest BCUT2D eigenvalue weighted by Crippen LogP contribution is 2.30. The molecular weight excluding hydrogens is 337 g/mol. The maximum atomic E-state index is 6.06. The van der Waals surface area contributed by atoms with Crippen molar-refractivity contribution in [2.45, 2.75) is 6.61 Å². The molecule has 2 rings (SSSR count). The lowest BCUT2D eigenvalue weighted by Crippen LogP contribution is -2.01. The van der Waals surface area contributed by atoms with Crippen molar-refractivity contribution in [1.29, 1.82) is 0 Å². The summed E-state index contributed by atoms with van der Waals surface area (Å²) in [6, 6.07) is 10.8. The lowest BCUT2D eigenvalue weighted by Gasteiger charge is -2.11. The van der Waals surface area contributed by atoms with E-state index in [9.17, 15) is 0 Å². The molecule has 0 unspecified atom stereocenters. The number of nitrogen functional groups attached to an aromatic ring is 1. The Morgan fingerprint density at radius 3 is 2.61 bits per heavy atom. The number of halogens is 3. The van der Waals surface area contributed by atoms with E-state index in [4.69, 9.17) is 33.7 Å². The van der Waals surface area contributed by atoms with Crippen LogP contribution in [0.5, 0.6) is 5.75 Å². The average molecular weight is 347 g/mol. The van der Waals surface area contributed by atoms with Crippen molar-refractivity contribution in [1.82, 2.24) is 0 Å². The quantitative estimate of drug-likeness (QED) is 0.801. The Labute approximate surface area is 124 Å². The van der Waals surface area contributed by atoms with Crippen molar-refractivity contribution in [3.8, 4) is 5.75 Å². The van der Waals surface area contributed by atoms with Gasteiger partial charge in [-0.2, -0.15) is 0 Å². The van der Waals surface area contributed by atoms with E-state index in [0.29, 0.717) is 21.5 Å².